The van der Waals surface area contributed by atoms with E-state index in [0.29, 0.717) is 23.5 Å². The maximum atomic E-state index is 12.3. The van der Waals surface area contributed by atoms with Crippen molar-refractivity contribution in [2.24, 2.45) is 16.2 Å². The van der Waals surface area contributed by atoms with Crippen LogP contribution in [0.3, 0.4) is 0 Å². The summed E-state index contributed by atoms with van der Waals surface area (Å²) in [4.78, 5) is 20.3. The summed E-state index contributed by atoms with van der Waals surface area (Å²) in [7, 11) is 0. The molecular weight excluding hydrogens is 587 g/mol. The molecule has 258 valence electrons. The van der Waals surface area contributed by atoms with Gasteiger partial charge in [-0.2, -0.15) is 15.0 Å². The topological polar surface area (TPSA) is 143 Å². The summed E-state index contributed by atoms with van der Waals surface area (Å²) in [5.74, 6) is 5.03. The molecule has 0 spiro atoms. The SMILES string of the molecule is CC(C)(C)c1ncc(F)cn1.CC(C)c1nc(CC(C)(C)C)no1.Cc1nc(CC(C)(C)C)no1.Cc1noc(CC(C)(C)C)n1. The van der Waals surface area contributed by atoms with E-state index in [1.54, 1.807) is 6.92 Å². The van der Waals surface area contributed by atoms with Gasteiger partial charge in [0, 0.05) is 37.5 Å². The second kappa shape index (κ2) is 16.8. The van der Waals surface area contributed by atoms with Crippen molar-refractivity contribution in [3.8, 4) is 0 Å². The van der Waals surface area contributed by atoms with Crippen LogP contribution in [-0.2, 0) is 24.7 Å². The molecule has 4 aromatic rings. The third-order valence-corrected chi connectivity index (χ3v) is 5.47. The number of halogens is 1. The lowest BCUT2D eigenvalue weighted by Crippen LogP contribution is -2.15. The quantitative estimate of drug-likeness (QED) is 0.211. The molecule has 0 bridgehead atoms. The van der Waals surface area contributed by atoms with Crippen LogP contribution in [0.25, 0.3) is 0 Å². The first-order valence-electron chi connectivity index (χ1n) is 15.7. The first-order chi connectivity index (χ1) is 20.8. The molecule has 0 aromatic carbocycles. The normalized spacial score (nSPS) is 12.0. The van der Waals surface area contributed by atoms with Crippen molar-refractivity contribution in [1.29, 1.82) is 0 Å². The summed E-state index contributed by atoms with van der Waals surface area (Å²) in [6.07, 6.45) is 4.95. The minimum Gasteiger partial charge on any atom is -0.340 e. The van der Waals surface area contributed by atoms with E-state index in [4.69, 9.17) is 13.6 Å². The van der Waals surface area contributed by atoms with Gasteiger partial charge in [-0.3, -0.25) is 0 Å². The molecule has 11 nitrogen and oxygen atoms in total. The number of rotatable bonds is 4. The lowest BCUT2D eigenvalue weighted by molar-refractivity contribution is 0.312. The van der Waals surface area contributed by atoms with Crippen LogP contribution in [0, 0.1) is 35.9 Å². The minimum atomic E-state index is -0.391. The van der Waals surface area contributed by atoms with E-state index in [0.717, 1.165) is 42.7 Å². The van der Waals surface area contributed by atoms with E-state index in [9.17, 15) is 4.39 Å². The first-order valence-corrected chi connectivity index (χ1v) is 15.7. The van der Waals surface area contributed by atoms with Gasteiger partial charge in [0.25, 0.3) is 0 Å². The highest BCUT2D eigenvalue weighted by molar-refractivity contribution is 5.02. The van der Waals surface area contributed by atoms with Gasteiger partial charge >= 0.3 is 0 Å². The zero-order valence-electron chi connectivity index (χ0n) is 31.0. The van der Waals surface area contributed by atoms with Crippen molar-refractivity contribution in [1.82, 2.24) is 40.4 Å². The van der Waals surface area contributed by atoms with Crippen LogP contribution in [0.5, 0.6) is 0 Å². The minimum absolute atomic E-state index is 0.103. The molecule has 0 atom stereocenters. The summed E-state index contributed by atoms with van der Waals surface area (Å²) in [6, 6.07) is 0. The average Bonchev–Trinajstić information content (AvgIpc) is 3.59. The van der Waals surface area contributed by atoms with Gasteiger partial charge in [0.1, 0.15) is 5.82 Å². The van der Waals surface area contributed by atoms with Gasteiger partial charge < -0.3 is 13.6 Å². The molecule has 4 heterocycles. The second-order valence-electron chi connectivity index (χ2n) is 16.4. The molecule has 0 saturated carbocycles. The predicted molar refractivity (Wildman–Crippen MR) is 177 cm³/mol. The molecule has 0 saturated heterocycles. The van der Waals surface area contributed by atoms with Gasteiger partial charge in [-0.05, 0) is 23.2 Å². The standard InChI is InChI=1S/C10H18N2O.C8H11FN2.2C8H14N2O/c1-7(2)9-11-8(12-13-9)6-10(3,4)5;1-8(2,3)7-10-4-6(9)5-11-7;1-6-9-7(10-11-6)5-8(2,3)4;1-6-9-7(11-10-6)5-8(2,3)4/h7H,6H2,1-5H3;4-5H,1-3H3;2*5H2,1-4H3. The number of nitrogens with zero attached hydrogens (tertiary/aromatic N) is 8. The van der Waals surface area contributed by atoms with E-state index in [1.807, 2.05) is 41.5 Å². The van der Waals surface area contributed by atoms with Gasteiger partial charge in [0.05, 0.1) is 12.4 Å². The lowest BCUT2D eigenvalue weighted by Gasteiger charge is -2.14. The summed E-state index contributed by atoms with van der Waals surface area (Å²) in [5.41, 5.74) is 0.571. The summed E-state index contributed by atoms with van der Waals surface area (Å²) in [6.45, 7) is 33.1. The molecule has 0 amide bonds. The summed E-state index contributed by atoms with van der Waals surface area (Å²) < 4.78 is 27.3. The Morgan fingerprint density at radius 3 is 1.46 bits per heavy atom. The molecule has 4 aromatic heterocycles. The fraction of sp³-hybridized carbons (Fsp3) is 0.706. The van der Waals surface area contributed by atoms with Crippen LogP contribution in [-0.4, -0.2) is 40.4 Å². The molecule has 0 aliphatic heterocycles. The number of hydrogen-bond acceptors (Lipinski definition) is 11. The highest BCUT2D eigenvalue weighted by atomic mass is 19.1. The number of aromatic nitrogens is 8. The summed E-state index contributed by atoms with van der Waals surface area (Å²) in [5, 5.41) is 11.5. The highest BCUT2D eigenvalue weighted by Crippen LogP contribution is 2.21. The fourth-order valence-electron chi connectivity index (χ4n) is 3.50. The molecule has 46 heavy (non-hydrogen) atoms. The van der Waals surface area contributed by atoms with Crippen LogP contribution >= 0.6 is 0 Å². The Bertz CT molecular complexity index is 1360. The van der Waals surface area contributed by atoms with Crippen molar-refractivity contribution in [3.05, 3.63) is 59.2 Å². The third kappa shape index (κ3) is 18.4. The highest BCUT2D eigenvalue weighted by Gasteiger charge is 2.18. The zero-order valence-corrected chi connectivity index (χ0v) is 31.0. The number of aryl methyl sites for hydroxylation is 2. The Kier molecular flexibility index (Phi) is 14.8. The van der Waals surface area contributed by atoms with Gasteiger partial charge in [0.2, 0.25) is 17.7 Å². The van der Waals surface area contributed by atoms with Crippen molar-refractivity contribution in [2.75, 3.05) is 0 Å². The van der Waals surface area contributed by atoms with Crippen molar-refractivity contribution in [3.63, 3.8) is 0 Å². The van der Waals surface area contributed by atoms with E-state index in [1.165, 1.54) is 12.4 Å². The third-order valence-electron chi connectivity index (χ3n) is 5.47. The summed E-state index contributed by atoms with van der Waals surface area (Å²) >= 11 is 0. The zero-order chi connectivity index (χ0) is 35.5. The van der Waals surface area contributed by atoms with Crippen LogP contribution in [0.15, 0.2) is 26.0 Å². The Balaban J connectivity index is 0.000000307. The molecule has 12 heteroatoms. The molecule has 0 radical (unpaired) electrons. The van der Waals surface area contributed by atoms with Crippen molar-refractivity contribution >= 4 is 0 Å². The van der Waals surface area contributed by atoms with Gasteiger partial charge in [-0.25, -0.2) is 14.4 Å². The van der Waals surface area contributed by atoms with Gasteiger partial charge in [-0.15, -0.1) is 0 Å². The maximum Gasteiger partial charge on any atom is 0.229 e. The van der Waals surface area contributed by atoms with E-state index in [2.05, 4.69) is 103 Å². The first kappa shape index (κ1) is 40.5. The lowest BCUT2D eigenvalue weighted by atomic mass is 9.92. The fourth-order valence-corrected chi connectivity index (χ4v) is 3.50. The average molecular weight is 645 g/mol. The molecule has 0 fully saturated rings. The Hall–Kier alpha value is -3.57. The smallest absolute Gasteiger partial charge is 0.229 e. The van der Waals surface area contributed by atoms with Crippen LogP contribution < -0.4 is 0 Å². The predicted octanol–water partition coefficient (Wildman–Crippen LogP) is 8.63. The Labute approximate surface area is 275 Å². The van der Waals surface area contributed by atoms with Crippen LogP contribution in [0.2, 0.25) is 0 Å². The van der Waals surface area contributed by atoms with Crippen LogP contribution in [0.1, 0.15) is 144 Å². The van der Waals surface area contributed by atoms with E-state index < -0.39 is 5.82 Å². The Morgan fingerprint density at radius 1 is 0.630 bits per heavy atom. The van der Waals surface area contributed by atoms with Crippen LogP contribution in [0.4, 0.5) is 4.39 Å². The van der Waals surface area contributed by atoms with Gasteiger partial charge in [-0.1, -0.05) is 112 Å². The van der Waals surface area contributed by atoms with E-state index >= 15 is 0 Å². The van der Waals surface area contributed by atoms with Crippen molar-refractivity contribution in [2.45, 2.75) is 141 Å². The molecule has 0 aliphatic rings. The van der Waals surface area contributed by atoms with Crippen molar-refractivity contribution < 1.29 is 18.0 Å². The monoisotopic (exact) mass is 644 g/mol. The number of hydrogen-bond donors (Lipinski definition) is 0. The van der Waals surface area contributed by atoms with Gasteiger partial charge in [0.15, 0.2) is 23.3 Å². The second-order valence-corrected chi connectivity index (χ2v) is 16.4. The molecular formula is C34H57FN8O3. The van der Waals surface area contributed by atoms with E-state index in [-0.39, 0.29) is 21.7 Å². The largest absolute Gasteiger partial charge is 0.340 e. The Morgan fingerprint density at radius 2 is 1.11 bits per heavy atom. The molecule has 4 rings (SSSR count). The molecule has 0 unspecified atom stereocenters. The molecule has 0 aliphatic carbocycles. The molecule has 0 N–H and O–H groups in total. The maximum absolute atomic E-state index is 12.3.